The van der Waals surface area contributed by atoms with Crippen LogP contribution in [0.1, 0.15) is 41.9 Å². The Kier molecular flexibility index (Phi) is 7.07. The first-order chi connectivity index (χ1) is 15.7. The Labute approximate surface area is 188 Å². The van der Waals surface area contributed by atoms with Gasteiger partial charge < -0.3 is 19.3 Å². The lowest BCUT2D eigenvalue weighted by atomic mass is 10.1. The van der Waals surface area contributed by atoms with Crippen molar-refractivity contribution in [2.24, 2.45) is 0 Å². The average molecular weight is 436 g/mol. The molecule has 0 bridgehead atoms. The molecule has 0 saturated carbocycles. The Morgan fingerprint density at radius 1 is 1.09 bits per heavy atom. The van der Waals surface area contributed by atoms with Gasteiger partial charge in [0.1, 0.15) is 11.5 Å². The van der Waals surface area contributed by atoms with Crippen molar-refractivity contribution >= 4 is 5.91 Å². The Morgan fingerprint density at radius 2 is 1.78 bits per heavy atom. The molecule has 7 heteroatoms. The molecule has 1 saturated heterocycles. The van der Waals surface area contributed by atoms with Crippen LogP contribution in [0.3, 0.4) is 0 Å². The van der Waals surface area contributed by atoms with E-state index in [2.05, 4.69) is 27.5 Å². The van der Waals surface area contributed by atoms with Gasteiger partial charge in [0.2, 0.25) is 0 Å². The zero-order valence-corrected chi connectivity index (χ0v) is 18.5. The van der Waals surface area contributed by atoms with E-state index in [0.717, 1.165) is 35.7 Å². The highest BCUT2D eigenvalue weighted by Crippen LogP contribution is 2.27. The highest BCUT2D eigenvalue weighted by Gasteiger charge is 2.25. The van der Waals surface area contributed by atoms with E-state index in [0.29, 0.717) is 18.9 Å². The fourth-order valence-corrected chi connectivity index (χ4v) is 4.02. The SMILES string of the molecule is CCOc1ccc([C@@H](CNC(=O)c2cc(-c3ccc(OC)cc3)on2)N2CCCC2)cc1. The van der Waals surface area contributed by atoms with Gasteiger partial charge in [-0.1, -0.05) is 17.3 Å². The molecule has 0 unspecified atom stereocenters. The molecule has 3 aromatic rings. The van der Waals surface area contributed by atoms with Gasteiger partial charge in [0.05, 0.1) is 19.8 Å². The van der Waals surface area contributed by atoms with E-state index >= 15 is 0 Å². The number of hydrogen-bond donors (Lipinski definition) is 1. The quantitative estimate of drug-likeness (QED) is 0.540. The van der Waals surface area contributed by atoms with Gasteiger partial charge in [-0.05, 0) is 74.8 Å². The molecule has 1 atom stereocenters. The Morgan fingerprint density at radius 3 is 2.44 bits per heavy atom. The second kappa shape index (κ2) is 10.3. The van der Waals surface area contributed by atoms with Gasteiger partial charge in [-0.25, -0.2) is 0 Å². The van der Waals surface area contributed by atoms with Crippen LogP contribution in [-0.4, -0.2) is 49.3 Å². The minimum absolute atomic E-state index is 0.102. The summed E-state index contributed by atoms with van der Waals surface area (Å²) < 4.78 is 16.1. The van der Waals surface area contributed by atoms with Gasteiger partial charge in [0, 0.05) is 18.2 Å². The van der Waals surface area contributed by atoms with E-state index in [4.69, 9.17) is 14.0 Å². The summed E-state index contributed by atoms with van der Waals surface area (Å²) in [5.74, 6) is 1.91. The monoisotopic (exact) mass is 435 g/mol. The number of carbonyl (C=O) groups excluding carboxylic acids is 1. The number of aromatic nitrogens is 1. The van der Waals surface area contributed by atoms with Crippen molar-refractivity contribution in [3.8, 4) is 22.8 Å². The smallest absolute Gasteiger partial charge is 0.273 e. The highest BCUT2D eigenvalue weighted by atomic mass is 16.5. The van der Waals surface area contributed by atoms with Crippen LogP contribution in [0.5, 0.6) is 11.5 Å². The van der Waals surface area contributed by atoms with Gasteiger partial charge in [0.15, 0.2) is 11.5 Å². The summed E-state index contributed by atoms with van der Waals surface area (Å²) >= 11 is 0. The zero-order chi connectivity index (χ0) is 22.3. The molecule has 1 fully saturated rings. The molecule has 2 heterocycles. The number of carbonyl (C=O) groups is 1. The van der Waals surface area contributed by atoms with Crippen molar-refractivity contribution in [2.75, 3.05) is 33.4 Å². The number of rotatable bonds is 9. The number of ether oxygens (including phenoxy) is 2. The molecule has 1 amide bonds. The lowest BCUT2D eigenvalue weighted by Crippen LogP contribution is -2.36. The summed E-state index contributed by atoms with van der Waals surface area (Å²) in [5, 5.41) is 7.01. The number of hydrogen-bond acceptors (Lipinski definition) is 6. The van der Waals surface area contributed by atoms with Gasteiger partial charge in [-0.15, -0.1) is 0 Å². The maximum Gasteiger partial charge on any atom is 0.273 e. The minimum atomic E-state index is -0.247. The Bertz CT molecular complexity index is 1010. The number of amides is 1. The maximum atomic E-state index is 12.8. The van der Waals surface area contributed by atoms with E-state index < -0.39 is 0 Å². The van der Waals surface area contributed by atoms with E-state index in [1.807, 2.05) is 43.3 Å². The molecule has 7 nitrogen and oxygen atoms in total. The fourth-order valence-electron chi connectivity index (χ4n) is 4.02. The number of benzene rings is 2. The van der Waals surface area contributed by atoms with Crippen LogP contribution in [0.2, 0.25) is 0 Å². The third-order valence-electron chi connectivity index (χ3n) is 5.73. The normalized spacial score (nSPS) is 14.8. The summed E-state index contributed by atoms with van der Waals surface area (Å²) in [6.45, 7) is 5.16. The van der Waals surface area contributed by atoms with Crippen LogP contribution in [-0.2, 0) is 0 Å². The molecule has 1 aliphatic rings. The van der Waals surface area contributed by atoms with E-state index in [9.17, 15) is 4.79 Å². The van der Waals surface area contributed by atoms with Crippen molar-refractivity contribution in [2.45, 2.75) is 25.8 Å². The molecule has 1 aromatic heterocycles. The molecule has 0 aliphatic carbocycles. The Hall–Kier alpha value is -3.32. The topological polar surface area (TPSA) is 76.8 Å². The minimum Gasteiger partial charge on any atom is -0.497 e. The van der Waals surface area contributed by atoms with Gasteiger partial charge in [0.25, 0.3) is 5.91 Å². The van der Waals surface area contributed by atoms with Crippen LogP contribution >= 0.6 is 0 Å². The first-order valence-electron chi connectivity index (χ1n) is 11.0. The van der Waals surface area contributed by atoms with Crippen molar-refractivity contribution in [3.63, 3.8) is 0 Å². The standard InChI is InChI=1S/C25H29N3O4/c1-3-31-21-12-6-18(7-13-21)23(28-14-4-5-15-28)17-26-25(29)22-16-24(32-27-22)19-8-10-20(30-2)11-9-19/h6-13,16,23H,3-5,14-15,17H2,1-2H3,(H,26,29)/t23-/m1/s1. The summed E-state index contributed by atoms with van der Waals surface area (Å²) in [5.41, 5.74) is 2.26. The van der Waals surface area contributed by atoms with Gasteiger partial charge in [-0.3, -0.25) is 9.69 Å². The summed E-state index contributed by atoms with van der Waals surface area (Å²) in [7, 11) is 1.62. The second-order valence-electron chi connectivity index (χ2n) is 7.78. The highest BCUT2D eigenvalue weighted by molar-refractivity contribution is 5.93. The predicted molar refractivity (Wildman–Crippen MR) is 122 cm³/mol. The van der Waals surface area contributed by atoms with E-state index in [1.165, 1.54) is 12.8 Å². The molecule has 0 spiro atoms. The van der Waals surface area contributed by atoms with Crippen molar-refractivity contribution in [1.29, 1.82) is 0 Å². The van der Waals surface area contributed by atoms with Crippen LogP contribution < -0.4 is 14.8 Å². The summed E-state index contributed by atoms with van der Waals surface area (Å²) in [6.07, 6.45) is 2.35. The van der Waals surface area contributed by atoms with Crippen molar-refractivity contribution < 1.29 is 18.8 Å². The largest absolute Gasteiger partial charge is 0.497 e. The third kappa shape index (κ3) is 5.11. The molecular weight excluding hydrogens is 406 g/mol. The van der Waals surface area contributed by atoms with E-state index in [-0.39, 0.29) is 17.6 Å². The number of nitrogens with zero attached hydrogens (tertiary/aromatic N) is 2. The first-order valence-corrected chi connectivity index (χ1v) is 11.0. The summed E-state index contributed by atoms with van der Waals surface area (Å²) in [4.78, 5) is 15.2. The van der Waals surface area contributed by atoms with Crippen LogP contribution in [0.4, 0.5) is 0 Å². The molecule has 32 heavy (non-hydrogen) atoms. The maximum absolute atomic E-state index is 12.8. The second-order valence-corrected chi connectivity index (χ2v) is 7.78. The lowest BCUT2D eigenvalue weighted by Gasteiger charge is -2.28. The van der Waals surface area contributed by atoms with E-state index in [1.54, 1.807) is 13.2 Å². The molecule has 2 aromatic carbocycles. The Balaban J connectivity index is 1.43. The average Bonchev–Trinajstić information content (AvgIpc) is 3.53. The first kappa shape index (κ1) is 21.9. The fraction of sp³-hybridized carbons (Fsp3) is 0.360. The predicted octanol–water partition coefficient (Wildman–Crippen LogP) is 4.32. The van der Waals surface area contributed by atoms with Crippen LogP contribution in [0.25, 0.3) is 11.3 Å². The number of methoxy groups -OCH3 is 1. The van der Waals surface area contributed by atoms with Crippen LogP contribution in [0.15, 0.2) is 59.1 Å². The molecule has 4 rings (SSSR count). The lowest BCUT2D eigenvalue weighted by molar-refractivity contribution is 0.0929. The number of likely N-dealkylation sites (tertiary alicyclic amines) is 1. The molecule has 0 radical (unpaired) electrons. The summed E-state index contributed by atoms with van der Waals surface area (Å²) in [6, 6.07) is 17.3. The molecule has 168 valence electrons. The third-order valence-corrected chi connectivity index (χ3v) is 5.73. The van der Waals surface area contributed by atoms with Crippen molar-refractivity contribution in [3.05, 3.63) is 65.9 Å². The molecule has 1 aliphatic heterocycles. The molecular formula is C25H29N3O4. The van der Waals surface area contributed by atoms with Gasteiger partial charge >= 0.3 is 0 Å². The van der Waals surface area contributed by atoms with Crippen LogP contribution in [0, 0.1) is 0 Å². The molecule has 1 N–H and O–H groups in total. The number of nitrogens with one attached hydrogen (secondary N) is 1. The van der Waals surface area contributed by atoms with Crippen molar-refractivity contribution in [1.82, 2.24) is 15.4 Å². The zero-order valence-electron chi connectivity index (χ0n) is 18.5. The van der Waals surface area contributed by atoms with Gasteiger partial charge in [-0.2, -0.15) is 0 Å².